The highest BCUT2D eigenvalue weighted by Crippen LogP contribution is 2.24. The van der Waals surface area contributed by atoms with Crippen LogP contribution in [-0.4, -0.2) is 31.6 Å². The van der Waals surface area contributed by atoms with E-state index >= 15 is 0 Å². The van der Waals surface area contributed by atoms with E-state index in [1.54, 1.807) is 11.2 Å². The molecule has 0 bridgehead atoms. The smallest absolute Gasteiger partial charge is 0.212 e. The molecule has 1 aliphatic rings. The lowest BCUT2D eigenvalue weighted by Crippen LogP contribution is -2.40. The Labute approximate surface area is 123 Å². The van der Waals surface area contributed by atoms with E-state index in [0.29, 0.717) is 19.0 Å². The molecule has 1 fully saturated rings. The molecule has 0 saturated carbocycles. The molecular weight excluding hydrogens is 270 g/mol. The van der Waals surface area contributed by atoms with Crippen LogP contribution in [0.15, 0.2) is 24.3 Å². The van der Waals surface area contributed by atoms with Gasteiger partial charge in [-0.25, -0.2) is 12.7 Å². The van der Waals surface area contributed by atoms with Crippen molar-refractivity contribution in [2.24, 2.45) is 5.92 Å². The fourth-order valence-corrected chi connectivity index (χ4v) is 4.16. The van der Waals surface area contributed by atoms with E-state index in [1.165, 1.54) is 11.1 Å². The molecule has 20 heavy (non-hydrogen) atoms. The van der Waals surface area contributed by atoms with E-state index in [1.807, 2.05) is 0 Å². The molecule has 0 aromatic heterocycles. The highest BCUT2D eigenvalue weighted by Gasteiger charge is 2.27. The molecule has 0 radical (unpaired) electrons. The van der Waals surface area contributed by atoms with E-state index in [-0.39, 0.29) is 5.75 Å². The molecule has 3 nitrogen and oxygen atoms in total. The first kappa shape index (κ1) is 15.5. The van der Waals surface area contributed by atoms with Crippen molar-refractivity contribution in [3.8, 4) is 0 Å². The van der Waals surface area contributed by atoms with Gasteiger partial charge in [-0.1, -0.05) is 24.3 Å². The number of nitrogens with zero attached hydrogens (tertiary/aromatic N) is 1. The summed E-state index contributed by atoms with van der Waals surface area (Å²) in [7, 11) is -3.01. The largest absolute Gasteiger partial charge is 0.213 e. The maximum atomic E-state index is 12.0. The Morgan fingerprint density at radius 3 is 2.75 bits per heavy atom. The predicted octanol–water partition coefficient (Wildman–Crippen LogP) is 2.99. The summed E-state index contributed by atoms with van der Waals surface area (Å²) >= 11 is 0. The second kappa shape index (κ2) is 6.72. The van der Waals surface area contributed by atoms with Gasteiger partial charge < -0.3 is 0 Å². The molecule has 1 aliphatic heterocycles. The second-order valence-corrected chi connectivity index (χ2v) is 7.99. The summed E-state index contributed by atoms with van der Waals surface area (Å²) in [5, 5.41) is 0. The average Bonchev–Trinajstić information content (AvgIpc) is 2.47. The Bertz CT molecular complexity index is 539. The van der Waals surface area contributed by atoms with Gasteiger partial charge in [0.25, 0.3) is 0 Å². The summed E-state index contributed by atoms with van der Waals surface area (Å²) < 4.78 is 25.6. The molecule has 0 amide bonds. The van der Waals surface area contributed by atoms with Crippen molar-refractivity contribution in [3.05, 3.63) is 35.4 Å². The lowest BCUT2D eigenvalue weighted by Gasteiger charge is -2.31. The van der Waals surface area contributed by atoms with Crippen molar-refractivity contribution in [2.75, 3.05) is 18.8 Å². The maximum Gasteiger partial charge on any atom is 0.213 e. The minimum absolute atomic E-state index is 0.220. The number of hydrogen-bond acceptors (Lipinski definition) is 2. The molecule has 112 valence electrons. The SMILES string of the molecule is CCS(=O)(=O)N1CCC[C@@H](CCc2ccccc2C)C1. The number of rotatable bonds is 5. The van der Waals surface area contributed by atoms with Crippen molar-refractivity contribution in [3.63, 3.8) is 0 Å². The van der Waals surface area contributed by atoms with Crippen LogP contribution in [-0.2, 0) is 16.4 Å². The number of benzene rings is 1. The Morgan fingerprint density at radius 2 is 2.05 bits per heavy atom. The minimum atomic E-state index is -3.01. The van der Waals surface area contributed by atoms with Crippen molar-refractivity contribution in [2.45, 2.75) is 39.5 Å². The summed E-state index contributed by atoms with van der Waals surface area (Å²) in [6, 6.07) is 8.47. The van der Waals surface area contributed by atoms with Crippen LogP contribution >= 0.6 is 0 Å². The Kier molecular flexibility index (Phi) is 5.22. The lowest BCUT2D eigenvalue weighted by atomic mass is 9.91. The number of hydrogen-bond donors (Lipinski definition) is 0. The molecule has 0 spiro atoms. The van der Waals surface area contributed by atoms with Crippen LogP contribution in [0.4, 0.5) is 0 Å². The minimum Gasteiger partial charge on any atom is -0.212 e. The van der Waals surface area contributed by atoms with E-state index in [9.17, 15) is 8.42 Å². The molecule has 1 heterocycles. The molecule has 2 rings (SSSR count). The predicted molar refractivity (Wildman–Crippen MR) is 83.3 cm³/mol. The molecule has 4 heteroatoms. The molecule has 1 atom stereocenters. The molecule has 1 aromatic rings. The molecule has 0 unspecified atom stereocenters. The fraction of sp³-hybridized carbons (Fsp3) is 0.625. The first-order valence-electron chi connectivity index (χ1n) is 7.55. The van der Waals surface area contributed by atoms with Crippen LogP contribution in [0.5, 0.6) is 0 Å². The summed E-state index contributed by atoms with van der Waals surface area (Å²) in [6.07, 6.45) is 4.29. The zero-order valence-corrected chi connectivity index (χ0v) is 13.3. The van der Waals surface area contributed by atoms with Crippen molar-refractivity contribution < 1.29 is 8.42 Å². The lowest BCUT2D eigenvalue weighted by molar-refractivity contribution is 0.256. The molecule has 0 N–H and O–H groups in total. The van der Waals surface area contributed by atoms with Crippen LogP contribution in [0.1, 0.15) is 37.3 Å². The van der Waals surface area contributed by atoms with Gasteiger partial charge in [0.15, 0.2) is 0 Å². The maximum absolute atomic E-state index is 12.0. The second-order valence-electron chi connectivity index (χ2n) is 5.73. The number of piperidine rings is 1. The first-order chi connectivity index (χ1) is 9.53. The van der Waals surface area contributed by atoms with Gasteiger partial charge in [-0.15, -0.1) is 0 Å². The van der Waals surface area contributed by atoms with E-state index in [4.69, 9.17) is 0 Å². The summed E-state index contributed by atoms with van der Waals surface area (Å²) in [6.45, 7) is 5.29. The van der Waals surface area contributed by atoms with Gasteiger partial charge >= 0.3 is 0 Å². The van der Waals surface area contributed by atoms with Gasteiger partial charge in [-0.2, -0.15) is 0 Å². The van der Waals surface area contributed by atoms with Gasteiger partial charge in [0.1, 0.15) is 0 Å². The number of aryl methyl sites for hydroxylation is 2. The standard InChI is InChI=1S/C16H25NO2S/c1-3-20(18,19)17-12-6-8-15(13-17)10-11-16-9-5-4-7-14(16)2/h4-5,7,9,15H,3,6,8,10-13H2,1-2H3/t15-/m0/s1. The van der Waals surface area contributed by atoms with Gasteiger partial charge in [-0.05, 0) is 56.6 Å². The summed E-state index contributed by atoms with van der Waals surface area (Å²) in [4.78, 5) is 0. The Hall–Kier alpha value is -0.870. The van der Waals surface area contributed by atoms with Crippen LogP contribution in [0.2, 0.25) is 0 Å². The van der Waals surface area contributed by atoms with Crippen LogP contribution in [0.25, 0.3) is 0 Å². The summed E-state index contributed by atoms with van der Waals surface area (Å²) in [5.41, 5.74) is 2.73. The molecule has 1 saturated heterocycles. The highest BCUT2D eigenvalue weighted by molar-refractivity contribution is 7.89. The normalized spacial score (nSPS) is 21.0. The quantitative estimate of drug-likeness (QED) is 0.837. The fourth-order valence-electron chi connectivity index (χ4n) is 2.95. The first-order valence-corrected chi connectivity index (χ1v) is 9.16. The zero-order valence-electron chi connectivity index (χ0n) is 12.5. The molecular formula is C16H25NO2S. The summed E-state index contributed by atoms with van der Waals surface area (Å²) in [5.74, 6) is 0.724. The Morgan fingerprint density at radius 1 is 1.30 bits per heavy atom. The Balaban J connectivity index is 1.92. The van der Waals surface area contributed by atoms with Gasteiger partial charge in [0.05, 0.1) is 5.75 Å². The third kappa shape index (κ3) is 3.83. The molecule has 1 aromatic carbocycles. The van der Waals surface area contributed by atoms with Crippen molar-refractivity contribution in [1.82, 2.24) is 4.31 Å². The highest BCUT2D eigenvalue weighted by atomic mass is 32.2. The third-order valence-corrected chi connectivity index (χ3v) is 6.17. The van der Waals surface area contributed by atoms with E-state index in [0.717, 1.165) is 25.7 Å². The van der Waals surface area contributed by atoms with Gasteiger partial charge in [0.2, 0.25) is 10.0 Å². The van der Waals surface area contributed by atoms with Gasteiger partial charge in [-0.3, -0.25) is 0 Å². The van der Waals surface area contributed by atoms with Gasteiger partial charge in [0, 0.05) is 13.1 Å². The van der Waals surface area contributed by atoms with Crippen molar-refractivity contribution in [1.29, 1.82) is 0 Å². The molecule has 0 aliphatic carbocycles. The number of sulfonamides is 1. The van der Waals surface area contributed by atoms with E-state index in [2.05, 4.69) is 31.2 Å². The van der Waals surface area contributed by atoms with Crippen LogP contribution in [0, 0.1) is 12.8 Å². The monoisotopic (exact) mass is 295 g/mol. The van der Waals surface area contributed by atoms with E-state index < -0.39 is 10.0 Å². The zero-order chi connectivity index (χ0) is 14.6. The topological polar surface area (TPSA) is 37.4 Å². The average molecular weight is 295 g/mol. The third-order valence-electron chi connectivity index (χ3n) is 4.32. The van der Waals surface area contributed by atoms with Crippen LogP contribution < -0.4 is 0 Å². The van der Waals surface area contributed by atoms with Crippen molar-refractivity contribution >= 4 is 10.0 Å². The van der Waals surface area contributed by atoms with Crippen LogP contribution in [0.3, 0.4) is 0 Å².